The third-order valence-corrected chi connectivity index (χ3v) is 5.31. The van der Waals surface area contributed by atoms with Crippen LogP contribution in [0.4, 0.5) is 0 Å². The topological polar surface area (TPSA) is 32.7 Å². The summed E-state index contributed by atoms with van der Waals surface area (Å²) in [5.41, 5.74) is 0.920. The standard InChI is InChI=1S/C21H25NO2/c23-21(11-12-21)18-7-5-13-22(16-18)15-17-6-4-10-20(14-17)24-19-8-2-1-3-9-19/h1-4,6,8-10,14,18,23H,5,7,11-13,15-16H2. The molecule has 1 unspecified atom stereocenters. The Bertz CT molecular complexity index is 681. The third kappa shape index (κ3) is 3.63. The Morgan fingerprint density at radius 1 is 1.04 bits per heavy atom. The van der Waals surface area contributed by atoms with E-state index in [9.17, 15) is 5.11 Å². The summed E-state index contributed by atoms with van der Waals surface area (Å²) < 4.78 is 5.94. The van der Waals surface area contributed by atoms with E-state index >= 15 is 0 Å². The Balaban J connectivity index is 1.40. The minimum atomic E-state index is -0.350. The van der Waals surface area contributed by atoms with E-state index in [0.29, 0.717) is 5.92 Å². The van der Waals surface area contributed by atoms with Gasteiger partial charge in [-0.25, -0.2) is 0 Å². The van der Waals surface area contributed by atoms with E-state index in [1.807, 2.05) is 36.4 Å². The maximum Gasteiger partial charge on any atom is 0.127 e. The predicted octanol–water partition coefficient (Wildman–Crippen LogP) is 4.22. The highest BCUT2D eigenvalue weighted by molar-refractivity contribution is 5.33. The first-order valence-corrected chi connectivity index (χ1v) is 8.98. The number of piperidine rings is 1. The van der Waals surface area contributed by atoms with Gasteiger partial charge >= 0.3 is 0 Å². The number of likely N-dealkylation sites (tertiary alicyclic amines) is 1. The van der Waals surface area contributed by atoms with Crippen molar-refractivity contribution in [2.75, 3.05) is 13.1 Å². The molecule has 1 saturated carbocycles. The summed E-state index contributed by atoms with van der Waals surface area (Å²) in [6.45, 7) is 3.06. The average molecular weight is 323 g/mol. The molecule has 0 radical (unpaired) electrons. The van der Waals surface area contributed by atoms with Crippen molar-refractivity contribution >= 4 is 0 Å². The van der Waals surface area contributed by atoms with Gasteiger partial charge in [-0.2, -0.15) is 0 Å². The van der Waals surface area contributed by atoms with Gasteiger partial charge in [0.05, 0.1) is 5.60 Å². The number of para-hydroxylation sites is 1. The predicted molar refractivity (Wildman–Crippen MR) is 95.1 cm³/mol. The van der Waals surface area contributed by atoms with Crippen molar-refractivity contribution in [3.63, 3.8) is 0 Å². The molecular weight excluding hydrogens is 298 g/mol. The van der Waals surface area contributed by atoms with E-state index in [4.69, 9.17) is 4.74 Å². The first-order valence-electron chi connectivity index (χ1n) is 8.98. The summed E-state index contributed by atoms with van der Waals surface area (Å²) in [5, 5.41) is 10.4. The van der Waals surface area contributed by atoms with Crippen LogP contribution in [0.25, 0.3) is 0 Å². The van der Waals surface area contributed by atoms with Crippen molar-refractivity contribution < 1.29 is 9.84 Å². The fourth-order valence-electron chi connectivity index (χ4n) is 3.76. The van der Waals surface area contributed by atoms with Crippen LogP contribution in [0.15, 0.2) is 54.6 Å². The molecule has 1 aliphatic heterocycles. The number of benzene rings is 2. The Morgan fingerprint density at radius 2 is 1.83 bits per heavy atom. The summed E-state index contributed by atoms with van der Waals surface area (Å²) in [5.74, 6) is 2.20. The van der Waals surface area contributed by atoms with Crippen molar-refractivity contribution in [1.29, 1.82) is 0 Å². The van der Waals surface area contributed by atoms with E-state index in [1.165, 1.54) is 18.4 Å². The van der Waals surface area contributed by atoms with Gasteiger partial charge in [-0.15, -0.1) is 0 Å². The molecule has 24 heavy (non-hydrogen) atoms. The molecule has 3 heteroatoms. The molecule has 2 aromatic rings. The Morgan fingerprint density at radius 3 is 2.62 bits per heavy atom. The molecule has 2 fully saturated rings. The largest absolute Gasteiger partial charge is 0.457 e. The highest BCUT2D eigenvalue weighted by Gasteiger charge is 2.48. The molecule has 1 saturated heterocycles. The first-order chi connectivity index (χ1) is 11.7. The lowest BCUT2D eigenvalue weighted by Crippen LogP contribution is -2.40. The van der Waals surface area contributed by atoms with Crippen LogP contribution >= 0.6 is 0 Å². The Labute approximate surface area is 143 Å². The van der Waals surface area contributed by atoms with E-state index in [-0.39, 0.29) is 5.60 Å². The summed E-state index contributed by atoms with van der Waals surface area (Å²) in [4.78, 5) is 2.48. The Hall–Kier alpha value is -1.84. The molecule has 1 atom stereocenters. The van der Waals surface area contributed by atoms with Crippen LogP contribution in [0.2, 0.25) is 0 Å². The normalized spacial score (nSPS) is 23.0. The lowest BCUT2D eigenvalue weighted by molar-refractivity contribution is 0.0292. The summed E-state index contributed by atoms with van der Waals surface area (Å²) in [6, 6.07) is 18.2. The van der Waals surface area contributed by atoms with Crippen molar-refractivity contribution in [3.8, 4) is 11.5 Å². The summed E-state index contributed by atoms with van der Waals surface area (Å²) >= 11 is 0. The maximum absolute atomic E-state index is 10.4. The zero-order valence-corrected chi connectivity index (χ0v) is 14.0. The SMILES string of the molecule is OC1(C2CCCN(Cc3cccc(Oc4ccccc4)c3)C2)CC1. The van der Waals surface area contributed by atoms with E-state index in [1.54, 1.807) is 0 Å². The van der Waals surface area contributed by atoms with Gasteiger partial charge in [-0.1, -0.05) is 30.3 Å². The molecule has 2 aliphatic rings. The van der Waals surface area contributed by atoms with Gasteiger partial charge in [-0.3, -0.25) is 4.90 Å². The van der Waals surface area contributed by atoms with Crippen LogP contribution in [0.1, 0.15) is 31.2 Å². The van der Waals surface area contributed by atoms with E-state index in [0.717, 1.165) is 44.0 Å². The highest BCUT2D eigenvalue weighted by Crippen LogP contribution is 2.45. The van der Waals surface area contributed by atoms with Gasteiger partial charge in [-0.05, 0) is 62.1 Å². The molecule has 0 spiro atoms. The van der Waals surface area contributed by atoms with Crippen molar-refractivity contribution in [3.05, 3.63) is 60.2 Å². The monoisotopic (exact) mass is 323 g/mol. The van der Waals surface area contributed by atoms with Gasteiger partial charge < -0.3 is 9.84 Å². The fourth-order valence-corrected chi connectivity index (χ4v) is 3.76. The van der Waals surface area contributed by atoms with Crippen LogP contribution in [-0.4, -0.2) is 28.7 Å². The van der Waals surface area contributed by atoms with Gasteiger partial charge in [0.25, 0.3) is 0 Å². The number of nitrogens with zero attached hydrogens (tertiary/aromatic N) is 1. The number of rotatable bonds is 5. The van der Waals surface area contributed by atoms with Crippen LogP contribution in [0, 0.1) is 5.92 Å². The molecule has 3 nitrogen and oxygen atoms in total. The van der Waals surface area contributed by atoms with Crippen LogP contribution in [-0.2, 0) is 6.54 Å². The second kappa shape index (κ2) is 6.58. The molecule has 1 N–H and O–H groups in total. The van der Waals surface area contributed by atoms with Crippen molar-refractivity contribution in [2.24, 2.45) is 5.92 Å². The number of hydrogen-bond donors (Lipinski definition) is 1. The lowest BCUT2D eigenvalue weighted by atomic mass is 9.90. The Kier molecular flexibility index (Phi) is 4.30. The zero-order chi connectivity index (χ0) is 16.4. The van der Waals surface area contributed by atoms with Gasteiger partial charge in [0.2, 0.25) is 0 Å². The quantitative estimate of drug-likeness (QED) is 0.894. The van der Waals surface area contributed by atoms with Gasteiger partial charge in [0.1, 0.15) is 11.5 Å². The lowest BCUT2D eigenvalue weighted by Gasteiger charge is -2.35. The second-order valence-electron chi connectivity index (χ2n) is 7.24. The average Bonchev–Trinajstić information content (AvgIpc) is 3.35. The van der Waals surface area contributed by atoms with Crippen molar-refractivity contribution in [2.45, 2.75) is 37.8 Å². The molecule has 126 valence electrons. The number of hydrogen-bond acceptors (Lipinski definition) is 3. The van der Waals surface area contributed by atoms with Gasteiger partial charge in [0, 0.05) is 19.0 Å². The third-order valence-electron chi connectivity index (χ3n) is 5.31. The van der Waals surface area contributed by atoms with Crippen molar-refractivity contribution in [1.82, 2.24) is 4.90 Å². The van der Waals surface area contributed by atoms with Gasteiger partial charge in [0.15, 0.2) is 0 Å². The number of ether oxygens (including phenoxy) is 1. The molecule has 2 aromatic carbocycles. The minimum Gasteiger partial charge on any atom is -0.457 e. The van der Waals surface area contributed by atoms with Crippen LogP contribution in [0.5, 0.6) is 11.5 Å². The van der Waals surface area contributed by atoms with Crippen LogP contribution in [0.3, 0.4) is 0 Å². The van der Waals surface area contributed by atoms with E-state index in [2.05, 4.69) is 23.1 Å². The molecule has 1 aliphatic carbocycles. The zero-order valence-electron chi connectivity index (χ0n) is 14.0. The molecule has 4 rings (SSSR count). The second-order valence-corrected chi connectivity index (χ2v) is 7.24. The van der Waals surface area contributed by atoms with E-state index < -0.39 is 0 Å². The molecule has 0 amide bonds. The molecule has 0 bridgehead atoms. The minimum absolute atomic E-state index is 0.350. The fraction of sp³-hybridized carbons (Fsp3) is 0.429. The smallest absolute Gasteiger partial charge is 0.127 e. The summed E-state index contributed by atoms with van der Waals surface area (Å²) in [7, 11) is 0. The first kappa shape index (κ1) is 15.7. The molecule has 0 aromatic heterocycles. The molecular formula is C21H25NO2. The maximum atomic E-state index is 10.4. The number of aliphatic hydroxyl groups is 1. The summed E-state index contributed by atoms with van der Waals surface area (Å²) in [6.07, 6.45) is 4.34. The highest BCUT2D eigenvalue weighted by atomic mass is 16.5. The van der Waals surface area contributed by atoms with Crippen LogP contribution < -0.4 is 4.74 Å². The molecule has 1 heterocycles.